The van der Waals surface area contributed by atoms with E-state index in [1.165, 1.54) is 89.3 Å². The zero-order valence-corrected chi connectivity index (χ0v) is 40.6. The molecule has 0 spiro atoms. The average molecular weight is 866 g/mol. The lowest BCUT2D eigenvalue weighted by atomic mass is 9.36. The van der Waals surface area contributed by atoms with Crippen LogP contribution in [0.3, 0.4) is 0 Å². The summed E-state index contributed by atoms with van der Waals surface area (Å²) in [6, 6.07) is 60.0. The molecular weight excluding hydrogens is 806 g/mol. The number of fused-ring (bicyclic) bond motifs is 7. The van der Waals surface area contributed by atoms with Gasteiger partial charge in [0.1, 0.15) is 0 Å². The minimum atomic E-state index is 0.0287. The Hall–Kier alpha value is -6.04. The zero-order chi connectivity index (χ0) is 45.2. The molecule has 2 aliphatic heterocycles. The van der Waals surface area contributed by atoms with Crippen LogP contribution in [0.25, 0.3) is 10.1 Å². The Morgan fingerprint density at radius 3 is 1.52 bits per heavy atom. The Balaban J connectivity index is 1.27. The summed E-state index contributed by atoms with van der Waals surface area (Å²) in [6.45, 7) is 23.7. The molecule has 7 aromatic carbocycles. The van der Waals surface area contributed by atoms with Crippen molar-refractivity contribution in [3.8, 4) is 0 Å². The van der Waals surface area contributed by atoms with Crippen LogP contribution in [-0.2, 0) is 21.7 Å². The minimum Gasteiger partial charge on any atom is -0.311 e. The van der Waals surface area contributed by atoms with E-state index in [9.17, 15) is 0 Å². The third-order valence-electron chi connectivity index (χ3n) is 14.8. The molecule has 0 saturated heterocycles. The number of benzene rings is 7. The standard InChI is InChI=1S/C60H60BN3S/c1-57(2,3)39-25-29-43(30-26-39)63-50-24-18-17-23-49(50)61-54-51(63)35-45(62(41-19-13-11-14-20-41)42-21-15-12-16-22-42)36-52(54)64(44-31-27-40(28-32-44)58(4,5)6)55-46-37-47-48(38-53(46)65-56(55)61)60(9,10)34-33-59(47,7)8/h11-32,35-38H,33-34H2,1-10H3. The maximum atomic E-state index is 2.65. The van der Waals surface area contributed by atoms with Gasteiger partial charge in [0.25, 0.3) is 6.71 Å². The highest BCUT2D eigenvalue weighted by atomic mass is 32.1. The number of hydrogen-bond acceptors (Lipinski definition) is 4. The van der Waals surface area contributed by atoms with Crippen LogP contribution in [0.5, 0.6) is 0 Å². The van der Waals surface area contributed by atoms with E-state index in [4.69, 9.17) is 0 Å². The molecule has 0 fully saturated rings. The molecule has 5 heteroatoms. The van der Waals surface area contributed by atoms with E-state index in [0.29, 0.717) is 0 Å². The second-order valence-electron chi connectivity index (χ2n) is 22.1. The van der Waals surface area contributed by atoms with Crippen LogP contribution in [0.15, 0.2) is 158 Å². The van der Waals surface area contributed by atoms with E-state index >= 15 is 0 Å². The van der Waals surface area contributed by atoms with Gasteiger partial charge in [0.2, 0.25) is 0 Å². The van der Waals surface area contributed by atoms with Gasteiger partial charge in [-0.2, -0.15) is 0 Å². The third-order valence-corrected chi connectivity index (χ3v) is 16.0. The first-order valence-electron chi connectivity index (χ1n) is 23.6. The molecule has 0 bridgehead atoms. The fourth-order valence-corrected chi connectivity index (χ4v) is 12.3. The summed E-state index contributed by atoms with van der Waals surface area (Å²) in [5.74, 6) is 0. The maximum Gasteiger partial charge on any atom is 0.264 e. The van der Waals surface area contributed by atoms with Crippen LogP contribution in [-0.4, -0.2) is 6.71 Å². The topological polar surface area (TPSA) is 9.72 Å². The van der Waals surface area contributed by atoms with Crippen molar-refractivity contribution in [3.05, 3.63) is 180 Å². The van der Waals surface area contributed by atoms with Gasteiger partial charge in [0.05, 0.1) is 11.4 Å². The predicted octanol–water partition coefficient (Wildman–Crippen LogP) is 15.4. The lowest BCUT2D eigenvalue weighted by Crippen LogP contribution is -2.60. The molecule has 0 N–H and O–H groups in total. The van der Waals surface area contributed by atoms with Gasteiger partial charge in [0, 0.05) is 54.7 Å². The van der Waals surface area contributed by atoms with Gasteiger partial charge in [0.15, 0.2) is 0 Å². The van der Waals surface area contributed by atoms with Crippen molar-refractivity contribution in [2.75, 3.05) is 14.7 Å². The number of para-hydroxylation sites is 3. The van der Waals surface area contributed by atoms with Crippen molar-refractivity contribution >= 4 is 95.0 Å². The summed E-state index contributed by atoms with van der Waals surface area (Å²) >= 11 is 2.02. The fourth-order valence-electron chi connectivity index (χ4n) is 11.0. The summed E-state index contributed by atoms with van der Waals surface area (Å²) < 4.78 is 2.79. The van der Waals surface area contributed by atoms with E-state index in [-0.39, 0.29) is 28.4 Å². The smallest absolute Gasteiger partial charge is 0.264 e. The molecule has 1 aliphatic carbocycles. The summed E-state index contributed by atoms with van der Waals surface area (Å²) in [4.78, 5) is 7.64. The molecule has 11 rings (SSSR count). The maximum absolute atomic E-state index is 2.65. The molecule has 3 nitrogen and oxygen atoms in total. The lowest BCUT2D eigenvalue weighted by molar-refractivity contribution is 0.332. The summed E-state index contributed by atoms with van der Waals surface area (Å²) in [6.07, 6.45) is 2.37. The van der Waals surface area contributed by atoms with Crippen molar-refractivity contribution in [2.24, 2.45) is 0 Å². The first-order chi connectivity index (χ1) is 31.0. The number of anilines is 9. The Morgan fingerprint density at radius 1 is 0.508 bits per heavy atom. The second kappa shape index (κ2) is 14.7. The molecule has 3 heterocycles. The summed E-state index contributed by atoms with van der Waals surface area (Å²) in [7, 11) is 0. The predicted molar refractivity (Wildman–Crippen MR) is 283 cm³/mol. The molecule has 8 aromatic rings. The SMILES string of the molecule is CC(C)(C)c1ccc(N2c3ccccc3B3c4sc5cc6c(cc5c4N(c4ccc(C(C)(C)C)cc4)c4cc(N(c5ccccc5)c5ccccc5)cc2c43)C(C)(C)CCC6(C)C)cc1. The molecule has 3 aliphatic rings. The van der Waals surface area contributed by atoms with Crippen LogP contribution < -0.4 is 30.4 Å². The van der Waals surface area contributed by atoms with Gasteiger partial charge in [-0.05, 0) is 147 Å². The lowest BCUT2D eigenvalue weighted by Gasteiger charge is -2.44. The number of nitrogens with zero attached hydrogens (tertiary/aromatic N) is 3. The fraction of sp³-hybridized carbons (Fsp3) is 0.267. The first kappa shape index (κ1) is 41.7. The van der Waals surface area contributed by atoms with Gasteiger partial charge in [-0.25, -0.2) is 0 Å². The average Bonchev–Trinajstić information content (AvgIpc) is 3.66. The highest BCUT2D eigenvalue weighted by Gasteiger charge is 2.47. The molecule has 0 unspecified atom stereocenters. The zero-order valence-electron chi connectivity index (χ0n) is 39.8. The second-order valence-corrected chi connectivity index (χ2v) is 23.2. The van der Waals surface area contributed by atoms with E-state index in [2.05, 4.69) is 242 Å². The molecule has 65 heavy (non-hydrogen) atoms. The molecule has 0 radical (unpaired) electrons. The van der Waals surface area contributed by atoms with E-state index in [1.807, 2.05) is 11.3 Å². The van der Waals surface area contributed by atoms with E-state index < -0.39 is 0 Å². The largest absolute Gasteiger partial charge is 0.311 e. The van der Waals surface area contributed by atoms with Crippen LogP contribution >= 0.6 is 11.3 Å². The quantitative estimate of drug-likeness (QED) is 0.160. The first-order valence-corrected chi connectivity index (χ1v) is 24.4. The molecule has 324 valence electrons. The molecule has 0 saturated carbocycles. The Labute approximate surface area is 391 Å². The molecular formula is C60H60BN3S. The van der Waals surface area contributed by atoms with Gasteiger partial charge in [-0.3, -0.25) is 0 Å². The van der Waals surface area contributed by atoms with Gasteiger partial charge in [-0.15, -0.1) is 11.3 Å². The highest BCUT2D eigenvalue weighted by Crippen LogP contribution is 2.54. The number of rotatable bonds is 5. The Morgan fingerprint density at radius 2 is 0.985 bits per heavy atom. The van der Waals surface area contributed by atoms with Gasteiger partial charge in [-0.1, -0.05) is 148 Å². The summed E-state index contributed by atoms with van der Waals surface area (Å²) in [5, 5.41) is 1.35. The van der Waals surface area contributed by atoms with Crippen LogP contribution in [0, 0.1) is 0 Å². The van der Waals surface area contributed by atoms with Crippen molar-refractivity contribution in [3.63, 3.8) is 0 Å². The van der Waals surface area contributed by atoms with Gasteiger partial charge < -0.3 is 14.7 Å². The van der Waals surface area contributed by atoms with Crippen molar-refractivity contribution < 1.29 is 0 Å². The van der Waals surface area contributed by atoms with Gasteiger partial charge >= 0.3 is 0 Å². The van der Waals surface area contributed by atoms with Crippen molar-refractivity contribution in [1.29, 1.82) is 0 Å². The van der Waals surface area contributed by atoms with Crippen LogP contribution in [0.4, 0.5) is 51.2 Å². The highest BCUT2D eigenvalue weighted by molar-refractivity contribution is 7.33. The Bertz CT molecular complexity index is 3070. The van der Waals surface area contributed by atoms with Crippen LogP contribution in [0.2, 0.25) is 0 Å². The van der Waals surface area contributed by atoms with E-state index in [1.54, 1.807) is 0 Å². The summed E-state index contributed by atoms with van der Waals surface area (Å²) in [5.41, 5.74) is 19.3. The number of thiophene rings is 1. The number of hydrogen-bond donors (Lipinski definition) is 0. The molecule has 1 aromatic heterocycles. The monoisotopic (exact) mass is 865 g/mol. The van der Waals surface area contributed by atoms with E-state index in [0.717, 1.165) is 22.7 Å². The third kappa shape index (κ3) is 6.75. The molecule has 0 amide bonds. The van der Waals surface area contributed by atoms with Crippen molar-refractivity contribution in [2.45, 2.75) is 104 Å². The Kier molecular flexibility index (Phi) is 9.45. The van der Waals surface area contributed by atoms with Crippen LogP contribution in [0.1, 0.15) is 104 Å². The van der Waals surface area contributed by atoms with Crippen molar-refractivity contribution in [1.82, 2.24) is 0 Å². The normalized spacial score (nSPS) is 15.9. The molecule has 0 atom stereocenters. The minimum absolute atomic E-state index is 0.0287.